The number of rotatable bonds is 8. The Balaban J connectivity index is 1.58. The molecular weight excluding hydrogens is 487 g/mol. The van der Waals surface area contributed by atoms with Gasteiger partial charge in [-0.15, -0.1) is 0 Å². The Kier molecular flexibility index (Phi) is 7.22. The van der Waals surface area contributed by atoms with Gasteiger partial charge in [-0.25, -0.2) is 9.37 Å². The highest BCUT2D eigenvalue weighted by Crippen LogP contribution is 2.38. The van der Waals surface area contributed by atoms with Crippen molar-refractivity contribution in [1.82, 2.24) is 15.2 Å². The highest BCUT2D eigenvalue weighted by atomic mass is 32.1. The summed E-state index contributed by atoms with van der Waals surface area (Å²) in [5.41, 5.74) is 5.25. The van der Waals surface area contributed by atoms with Crippen LogP contribution in [0.3, 0.4) is 0 Å². The summed E-state index contributed by atoms with van der Waals surface area (Å²) in [6.07, 6.45) is 4.75. The van der Waals surface area contributed by atoms with Crippen LogP contribution in [0, 0.1) is 24.1 Å². The van der Waals surface area contributed by atoms with Crippen LogP contribution in [-0.4, -0.2) is 55.6 Å². The minimum absolute atomic E-state index is 0.207. The van der Waals surface area contributed by atoms with Crippen LogP contribution in [0.1, 0.15) is 28.8 Å². The number of nitrogens with zero attached hydrogens (tertiary/aromatic N) is 5. The van der Waals surface area contributed by atoms with Gasteiger partial charge in [0, 0.05) is 62.3 Å². The van der Waals surface area contributed by atoms with E-state index in [9.17, 15) is 14.4 Å². The van der Waals surface area contributed by atoms with Crippen LogP contribution in [-0.2, 0) is 4.79 Å². The van der Waals surface area contributed by atoms with Gasteiger partial charge in [0.15, 0.2) is 5.13 Å². The molecule has 1 aliphatic heterocycles. The Morgan fingerprint density at radius 3 is 2.59 bits per heavy atom. The highest BCUT2D eigenvalue weighted by molar-refractivity contribution is 7.16. The maximum Gasteiger partial charge on any atom is 0.213 e. The first-order valence-corrected chi connectivity index (χ1v) is 13.2. The zero-order chi connectivity index (χ0) is 25.9. The summed E-state index contributed by atoms with van der Waals surface area (Å²) in [5, 5.41) is 13.8. The molecule has 1 saturated carbocycles. The lowest BCUT2D eigenvalue weighted by atomic mass is 10.0. The molecule has 9 heteroatoms. The quantitative estimate of drug-likeness (QED) is 0.442. The third-order valence-electron chi connectivity index (χ3n) is 6.82. The topological polar surface area (TPSA) is 75.5 Å². The molecule has 1 N–H and O–H groups in total. The molecule has 2 aliphatic rings. The number of carbonyl (C=O) groups excluding carboxylic acids is 1. The number of hydrogen-bond donors (Lipinski definition) is 1. The number of nitriles is 1. The van der Waals surface area contributed by atoms with Crippen LogP contribution in [0.25, 0.3) is 17.0 Å². The predicted octanol–water partition coefficient (Wildman–Crippen LogP) is 4.59. The van der Waals surface area contributed by atoms with Crippen LogP contribution in [0.4, 0.5) is 15.2 Å². The van der Waals surface area contributed by atoms with E-state index in [-0.39, 0.29) is 11.9 Å². The molecule has 1 aliphatic carbocycles. The standard InChI is InChI=1S/C28H29FN6OS/c1-19-3-8-23(34-13-11-31-12-14-34)15-24(19)25(17-35(18-36)22-9-10-22)33(2)28-32-27(26(16-30)37-28)20-4-6-21(29)7-5-20/h3-8,15,17-18,22,31H,9-14H2,1-2H3/b25-17+. The number of carbonyl (C=O) groups is 1. The van der Waals surface area contributed by atoms with Gasteiger partial charge < -0.3 is 20.0 Å². The van der Waals surface area contributed by atoms with E-state index in [0.29, 0.717) is 21.3 Å². The van der Waals surface area contributed by atoms with Gasteiger partial charge in [0.2, 0.25) is 6.41 Å². The molecule has 0 bridgehead atoms. The molecule has 7 nitrogen and oxygen atoms in total. The molecule has 0 spiro atoms. The smallest absolute Gasteiger partial charge is 0.213 e. The number of anilines is 2. The molecule has 3 aromatic rings. The summed E-state index contributed by atoms with van der Waals surface area (Å²) >= 11 is 1.28. The van der Waals surface area contributed by atoms with Gasteiger partial charge in [-0.2, -0.15) is 5.26 Å². The first-order valence-electron chi connectivity index (χ1n) is 12.4. The number of piperazine rings is 1. The van der Waals surface area contributed by atoms with E-state index in [2.05, 4.69) is 41.4 Å². The Morgan fingerprint density at radius 2 is 1.95 bits per heavy atom. The van der Waals surface area contributed by atoms with E-state index in [0.717, 1.165) is 67.9 Å². The molecule has 37 heavy (non-hydrogen) atoms. The van der Waals surface area contributed by atoms with Gasteiger partial charge in [-0.3, -0.25) is 4.79 Å². The average Bonchev–Trinajstić information content (AvgIpc) is 3.68. The van der Waals surface area contributed by atoms with Crippen molar-refractivity contribution in [2.75, 3.05) is 43.0 Å². The molecule has 5 rings (SSSR count). The fraction of sp³-hybridized carbons (Fsp3) is 0.321. The molecule has 190 valence electrons. The van der Waals surface area contributed by atoms with Gasteiger partial charge in [0.05, 0.1) is 5.70 Å². The van der Waals surface area contributed by atoms with Gasteiger partial charge in [-0.1, -0.05) is 17.4 Å². The van der Waals surface area contributed by atoms with E-state index < -0.39 is 0 Å². The fourth-order valence-electron chi connectivity index (χ4n) is 4.51. The molecule has 1 aromatic heterocycles. The van der Waals surface area contributed by atoms with E-state index >= 15 is 0 Å². The van der Waals surface area contributed by atoms with Crippen LogP contribution in [0.2, 0.25) is 0 Å². The van der Waals surface area contributed by atoms with Gasteiger partial charge in [0.1, 0.15) is 22.5 Å². The summed E-state index contributed by atoms with van der Waals surface area (Å²) < 4.78 is 13.5. The number of amides is 1. The SMILES string of the molecule is Cc1ccc(N2CCNCC2)cc1/C(=C\N(C=O)C1CC1)N(C)c1nc(-c2ccc(F)cc2)c(C#N)s1. The summed E-state index contributed by atoms with van der Waals surface area (Å²) in [6.45, 7) is 5.80. The van der Waals surface area contributed by atoms with Crippen LogP contribution in [0.5, 0.6) is 0 Å². The second-order valence-corrected chi connectivity index (χ2v) is 10.4. The minimum atomic E-state index is -0.339. The zero-order valence-corrected chi connectivity index (χ0v) is 21.8. The number of nitrogens with one attached hydrogen (secondary N) is 1. The van der Waals surface area contributed by atoms with Crippen molar-refractivity contribution in [3.05, 3.63) is 70.5 Å². The van der Waals surface area contributed by atoms with Crippen molar-refractivity contribution in [3.8, 4) is 17.3 Å². The Bertz CT molecular complexity index is 1350. The minimum Gasteiger partial charge on any atom is -0.369 e. The number of thiazole rings is 1. The van der Waals surface area contributed by atoms with Crippen molar-refractivity contribution in [2.24, 2.45) is 0 Å². The van der Waals surface area contributed by atoms with Crippen molar-refractivity contribution >= 4 is 34.3 Å². The van der Waals surface area contributed by atoms with E-state index in [4.69, 9.17) is 4.98 Å². The van der Waals surface area contributed by atoms with Crippen LogP contribution in [0.15, 0.2) is 48.7 Å². The lowest BCUT2D eigenvalue weighted by molar-refractivity contribution is -0.116. The molecule has 2 heterocycles. The molecule has 0 atom stereocenters. The summed E-state index contributed by atoms with van der Waals surface area (Å²) in [5.74, 6) is -0.339. The van der Waals surface area contributed by atoms with E-state index in [1.165, 1.54) is 23.5 Å². The highest BCUT2D eigenvalue weighted by Gasteiger charge is 2.29. The maximum absolute atomic E-state index is 13.5. The summed E-state index contributed by atoms with van der Waals surface area (Å²) in [6, 6.07) is 14.9. The number of aryl methyl sites for hydroxylation is 1. The molecule has 2 aromatic carbocycles. The van der Waals surface area contributed by atoms with Gasteiger partial charge in [-0.05, 0) is 61.7 Å². The van der Waals surface area contributed by atoms with E-state index in [1.807, 2.05) is 18.1 Å². The molecule has 0 unspecified atom stereocenters. The maximum atomic E-state index is 13.5. The first-order chi connectivity index (χ1) is 18.0. The Labute approximate surface area is 220 Å². The van der Waals surface area contributed by atoms with Crippen molar-refractivity contribution in [1.29, 1.82) is 5.26 Å². The van der Waals surface area contributed by atoms with Crippen molar-refractivity contribution in [2.45, 2.75) is 25.8 Å². The summed E-state index contributed by atoms with van der Waals surface area (Å²) in [4.78, 5) is 23.3. The van der Waals surface area contributed by atoms with Gasteiger partial charge >= 0.3 is 0 Å². The largest absolute Gasteiger partial charge is 0.369 e. The average molecular weight is 517 g/mol. The third kappa shape index (κ3) is 5.36. The third-order valence-corrected chi connectivity index (χ3v) is 7.86. The van der Waals surface area contributed by atoms with Gasteiger partial charge in [0.25, 0.3) is 0 Å². The van der Waals surface area contributed by atoms with Crippen LogP contribution < -0.4 is 15.1 Å². The zero-order valence-electron chi connectivity index (χ0n) is 20.9. The lowest BCUT2D eigenvalue weighted by Gasteiger charge is -2.31. The number of hydrogen-bond acceptors (Lipinski definition) is 7. The van der Waals surface area contributed by atoms with Crippen molar-refractivity contribution < 1.29 is 9.18 Å². The van der Waals surface area contributed by atoms with E-state index in [1.54, 1.807) is 17.0 Å². The summed E-state index contributed by atoms with van der Waals surface area (Å²) in [7, 11) is 1.91. The molecule has 2 fully saturated rings. The Morgan fingerprint density at radius 1 is 1.22 bits per heavy atom. The van der Waals surface area contributed by atoms with Crippen molar-refractivity contribution in [3.63, 3.8) is 0 Å². The fourth-order valence-corrected chi connectivity index (χ4v) is 5.37. The number of aromatic nitrogens is 1. The lowest BCUT2D eigenvalue weighted by Crippen LogP contribution is -2.43. The normalized spacial score (nSPS) is 15.8. The second-order valence-electron chi connectivity index (χ2n) is 9.39. The monoisotopic (exact) mass is 516 g/mol. The van der Waals surface area contributed by atoms with Crippen LogP contribution >= 0.6 is 11.3 Å². The predicted molar refractivity (Wildman–Crippen MR) is 146 cm³/mol. The second kappa shape index (κ2) is 10.7. The molecular formula is C28H29FN6OS. The molecule has 0 radical (unpaired) electrons. The number of halogens is 1. The first kappa shape index (κ1) is 24.9. The molecule has 1 saturated heterocycles. The number of benzene rings is 2. The molecule has 1 amide bonds. The Hall–Kier alpha value is -3.74.